The van der Waals surface area contributed by atoms with Gasteiger partial charge in [-0.25, -0.2) is 10.9 Å². The van der Waals surface area contributed by atoms with Gasteiger partial charge in [-0.3, -0.25) is 58.3 Å². The zero-order valence-electron chi connectivity index (χ0n) is 51.1. The molecular formula is C69H80N10O10. The summed E-state index contributed by atoms with van der Waals surface area (Å²) in [5, 5.41) is 17.7. The molecule has 2 saturated heterocycles. The number of benzene rings is 4. The minimum atomic E-state index is -0.895. The van der Waals surface area contributed by atoms with Crippen LogP contribution in [0.1, 0.15) is 132 Å². The van der Waals surface area contributed by atoms with Gasteiger partial charge in [0.15, 0.2) is 0 Å². The molecule has 6 aromatic rings. The molecule has 3 aliphatic heterocycles. The van der Waals surface area contributed by atoms with Crippen molar-refractivity contribution in [2.24, 2.45) is 0 Å². The average Bonchev–Trinajstić information content (AvgIpc) is 3.48. The summed E-state index contributed by atoms with van der Waals surface area (Å²) in [6, 6.07) is 30.0. The second-order valence-corrected chi connectivity index (χ2v) is 22.6. The number of nitrogens with zero attached hydrogens (tertiary/aromatic N) is 4. The van der Waals surface area contributed by atoms with E-state index < -0.39 is 72.2 Å². The summed E-state index contributed by atoms with van der Waals surface area (Å²) in [5.74, 6) is -3.17. The second kappa shape index (κ2) is 32.0. The summed E-state index contributed by atoms with van der Waals surface area (Å²) >= 11 is 0. The zero-order chi connectivity index (χ0) is 63.4. The van der Waals surface area contributed by atoms with E-state index in [2.05, 4.69) is 48.7 Å². The minimum Gasteiger partial charge on any atom is -0.457 e. The standard InChI is InChI=1S/C36H43N5O5.C33H37N5O5/c1-5-7-15-33(42)39-31(19-16-26-12-9-8-10-13-26)34(43)38-24(3)35(44)41-20-11-14-32(40-41)36(45)46-25(4)27-17-18-28-23-37-30(6-2)22-29(28)21-27;1-21-32(41)38-17-7-11-29(37-38)33(42)43-22(2)24-14-15-25-20-34-27(19-26(25)18-24)10-6-12-30(39)36-28(31(40)35-21)16-13-23-8-4-3-5-9-23/h5-10,12-13,17-18,21-25,31-32,40H,2,11,14-16,19-20H2,1,3-4H3,(H,38,43)(H,39,42);3-6,8-10,14-15,18-22,28-29,37H,7,11-13,16-17H2,1-2H3,(H,35,40)(H,36,39)/b7-5+;10-6+/t24-,25+,31-,32-;21-,22+,28-,29-/m00/s1. The van der Waals surface area contributed by atoms with Gasteiger partial charge >= 0.3 is 11.9 Å². The van der Waals surface area contributed by atoms with Crippen LogP contribution in [-0.2, 0) is 60.7 Å². The Morgan fingerprint density at radius 2 is 1.48 bits per heavy atom. The fraction of sp³-hybridized carbons (Fsp3) is 0.362. The van der Waals surface area contributed by atoms with E-state index in [9.17, 15) is 38.4 Å². The first-order chi connectivity index (χ1) is 42.9. The highest BCUT2D eigenvalue weighted by molar-refractivity contribution is 5.94. The zero-order valence-corrected chi connectivity index (χ0v) is 51.1. The number of amides is 6. The molecule has 0 unspecified atom stereocenters. The maximum Gasteiger partial charge on any atom is 0.325 e. The molecule has 0 saturated carbocycles. The van der Waals surface area contributed by atoms with Crippen LogP contribution >= 0.6 is 0 Å². The van der Waals surface area contributed by atoms with Crippen molar-refractivity contribution in [2.75, 3.05) is 13.1 Å². The van der Waals surface area contributed by atoms with Crippen molar-refractivity contribution >= 4 is 81.1 Å². The Balaban J connectivity index is 0.000000231. The van der Waals surface area contributed by atoms with Crippen LogP contribution in [0.2, 0.25) is 0 Å². The summed E-state index contributed by atoms with van der Waals surface area (Å²) in [7, 11) is 0. The van der Waals surface area contributed by atoms with Gasteiger partial charge in [0.2, 0.25) is 23.6 Å². The van der Waals surface area contributed by atoms with Crippen LogP contribution in [0.15, 0.2) is 146 Å². The smallest absolute Gasteiger partial charge is 0.325 e. The first kappa shape index (κ1) is 65.6. The second-order valence-electron chi connectivity index (χ2n) is 22.6. The van der Waals surface area contributed by atoms with Crippen molar-refractivity contribution in [1.29, 1.82) is 0 Å². The molecule has 6 N–H and O–H groups in total. The van der Waals surface area contributed by atoms with Gasteiger partial charge in [0, 0.05) is 49.1 Å². The summed E-state index contributed by atoms with van der Waals surface area (Å²) < 4.78 is 11.6. The van der Waals surface area contributed by atoms with E-state index in [0.29, 0.717) is 70.2 Å². The highest BCUT2D eigenvalue weighted by atomic mass is 16.5. The van der Waals surface area contributed by atoms with E-state index in [1.54, 1.807) is 56.6 Å². The van der Waals surface area contributed by atoms with Gasteiger partial charge in [-0.1, -0.05) is 110 Å². The molecular weight excluding hydrogens is 1130 g/mol. The van der Waals surface area contributed by atoms with E-state index in [0.717, 1.165) is 49.5 Å². The molecule has 5 heterocycles. The molecule has 0 radical (unpaired) electrons. The van der Waals surface area contributed by atoms with Gasteiger partial charge in [0.05, 0.1) is 11.4 Å². The molecule has 9 rings (SSSR count). The Morgan fingerprint density at radius 3 is 2.21 bits per heavy atom. The normalized spacial score (nSPS) is 20.6. The molecule has 89 heavy (non-hydrogen) atoms. The van der Waals surface area contributed by atoms with Gasteiger partial charge < -0.3 is 30.7 Å². The van der Waals surface area contributed by atoms with Crippen molar-refractivity contribution in [3.8, 4) is 0 Å². The number of allylic oxidation sites excluding steroid dienone is 1. The molecule has 6 amide bonds. The highest BCUT2D eigenvalue weighted by Crippen LogP contribution is 2.27. The lowest BCUT2D eigenvalue weighted by atomic mass is 10.0. The van der Waals surface area contributed by atoms with Crippen molar-refractivity contribution in [1.82, 2.24) is 52.1 Å². The van der Waals surface area contributed by atoms with Crippen LogP contribution in [0.4, 0.5) is 0 Å². The van der Waals surface area contributed by atoms with Crippen LogP contribution < -0.4 is 32.1 Å². The van der Waals surface area contributed by atoms with E-state index in [1.165, 1.54) is 10.0 Å². The number of carbonyl (C=O) groups excluding carboxylic acids is 8. The third kappa shape index (κ3) is 18.8. The monoisotopic (exact) mass is 1210 g/mol. The van der Waals surface area contributed by atoms with Crippen LogP contribution in [-0.4, -0.2) is 117 Å². The number of pyridine rings is 2. The summed E-state index contributed by atoms with van der Waals surface area (Å²) in [6.07, 6.45) is 15.4. The number of ether oxygens (including phenoxy) is 2. The maximum absolute atomic E-state index is 13.4. The molecule has 4 aromatic carbocycles. The quantitative estimate of drug-likeness (QED) is 0.0397. The number of fused-ring (bicyclic) bond motifs is 5. The van der Waals surface area contributed by atoms with Crippen LogP contribution in [0, 0.1) is 0 Å². The number of aryl methyl sites for hydroxylation is 2. The Bertz CT molecular complexity index is 3560. The number of carbonyl (C=O) groups is 8. The topological polar surface area (TPSA) is 259 Å². The number of hydrazine groups is 2. The Kier molecular flexibility index (Phi) is 23.6. The van der Waals surface area contributed by atoms with Gasteiger partial charge in [0.25, 0.3) is 11.8 Å². The van der Waals surface area contributed by atoms with Crippen molar-refractivity contribution in [3.05, 3.63) is 180 Å². The van der Waals surface area contributed by atoms with Gasteiger partial charge in [-0.2, -0.15) is 0 Å². The molecule has 2 aromatic heterocycles. The number of hydrogen-bond donors (Lipinski definition) is 6. The molecule has 3 aliphatic rings. The maximum atomic E-state index is 13.4. The van der Waals surface area contributed by atoms with E-state index in [-0.39, 0.29) is 36.5 Å². The lowest BCUT2D eigenvalue weighted by Crippen LogP contribution is -2.60. The van der Waals surface area contributed by atoms with Gasteiger partial charge in [0.1, 0.15) is 48.5 Å². The first-order valence-electron chi connectivity index (χ1n) is 30.5. The molecule has 0 spiro atoms. The summed E-state index contributed by atoms with van der Waals surface area (Å²) in [4.78, 5) is 114. The molecule has 20 nitrogen and oxygen atoms in total. The van der Waals surface area contributed by atoms with Gasteiger partial charge in [-0.05, 0) is 155 Å². The summed E-state index contributed by atoms with van der Waals surface area (Å²) in [6.45, 7) is 13.2. The van der Waals surface area contributed by atoms with E-state index in [1.807, 2.05) is 130 Å². The highest BCUT2D eigenvalue weighted by Gasteiger charge is 2.35. The predicted molar refractivity (Wildman–Crippen MR) is 340 cm³/mol. The number of aromatic nitrogens is 2. The minimum absolute atomic E-state index is 0.0510. The SMILES string of the molecule is C=Cc1cc2cc([C@@H](C)OC(=O)[C@@H]3CCCN(C(=O)[C@H](C)NC(=O)[C@H](CCc4ccccc4)NC(=O)C/C=C/C)N3)ccc2cn1.C[C@@H]1NC(=O)[C@H](CCc2ccccc2)NC(=O)C/C=C/c2cc3cc(ccc3cn2)[C@@H](C)OC(=O)[C@@H]2CCCN(N2)C1=O. The molecule has 5 bridgehead atoms. The Hall–Kier alpha value is -9.40. The molecule has 20 heteroatoms. The first-order valence-corrected chi connectivity index (χ1v) is 30.5. The number of nitrogens with one attached hydrogen (secondary N) is 6. The Morgan fingerprint density at radius 1 is 0.787 bits per heavy atom. The molecule has 0 aliphatic carbocycles. The third-order valence-electron chi connectivity index (χ3n) is 15.8. The lowest BCUT2D eigenvalue weighted by molar-refractivity contribution is -0.158. The van der Waals surface area contributed by atoms with Crippen LogP contribution in [0.25, 0.3) is 33.7 Å². The van der Waals surface area contributed by atoms with Crippen molar-refractivity contribution in [2.45, 2.75) is 147 Å². The number of hydrogen-bond acceptors (Lipinski definition) is 14. The van der Waals surface area contributed by atoms with Crippen molar-refractivity contribution in [3.63, 3.8) is 0 Å². The Labute approximate surface area is 519 Å². The molecule has 8 atom stereocenters. The number of esters is 2. The largest absolute Gasteiger partial charge is 0.457 e. The van der Waals surface area contributed by atoms with E-state index >= 15 is 0 Å². The van der Waals surface area contributed by atoms with Crippen LogP contribution in [0.3, 0.4) is 0 Å². The third-order valence-corrected chi connectivity index (χ3v) is 15.8. The van der Waals surface area contributed by atoms with Crippen LogP contribution in [0.5, 0.6) is 0 Å². The number of rotatable bonds is 16. The average molecular weight is 1210 g/mol. The number of cyclic esters (lactones) is 1. The van der Waals surface area contributed by atoms with Crippen molar-refractivity contribution < 1.29 is 47.8 Å². The van der Waals surface area contributed by atoms with Gasteiger partial charge in [-0.15, -0.1) is 0 Å². The molecule has 466 valence electrons. The predicted octanol–water partition coefficient (Wildman–Crippen LogP) is 7.94. The fourth-order valence-electron chi connectivity index (χ4n) is 10.6. The molecule has 2 fully saturated rings. The van der Waals surface area contributed by atoms with E-state index in [4.69, 9.17) is 9.47 Å². The fourth-order valence-corrected chi connectivity index (χ4v) is 10.6. The summed E-state index contributed by atoms with van der Waals surface area (Å²) in [5.41, 5.74) is 11.2. The lowest BCUT2D eigenvalue weighted by Gasteiger charge is -2.35.